The number of nitrogens with one attached hydrogen (secondary N) is 1. The van der Waals surface area contributed by atoms with Gasteiger partial charge in [-0.2, -0.15) is 13.2 Å². The standard InChI is InChI=1S/C22H27F3N6O/c1-29(2)8-7-28-21(32)17-12-15-11-16(22(23,24)25)3-4-18(15)31-10-9-30(14-19(17)31)20-13-26-5-6-27-20/h3-6,11,13,17,19H,7-10,12,14H2,1-2H3,(H,28,32). The Bertz CT molecular complexity index is 952. The molecule has 1 aromatic carbocycles. The van der Waals surface area contributed by atoms with Gasteiger partial charge in [0.2, 0.25) is 5.91 Å². The lowest BCUT2D eigenvalue weighted by molar-refractivity contribution is -0.137. The minimum atomic E-state index is -4.42. The number of piperazine rings is 1. The Hall–Kier alpha value is -2.88. The fourth-order valence-corrected chi connectivity index (χ4v) is 4.50. The zero-order valence-corrected chi connectivity index (χ0v) is 18.1. The first-order valence-electron chi connectivity index (χ1n) is 10.6. The van der Waals surface area contributed by atoms with E-state index >= 15 is 0 Å². The molecule has 7 nitrogen and oxygen atoms in total. The third-order valence-electron chi connectivity index (χ3n) is 6.11. The number of nitrogens with zero attached hydrogens (tertiary/aromatic N) is 5. The fourth-order valence-electron chi connectivity index (χ4n) is 4.50. The second-order valence-corrected chi connectivity index (χ2v) is 8.52. The third-order valence-corrected chi connectivity index (χ3v) is 6.11. The molecule has 1 amide bonds. The first kappa shape index (κ1) is 22.3. The Labute approximate surface area is 185 Å². The highest BCUT2D eigenvalue weighted by atomic mass is 19.4. The van der Waals surface area contributed by atoms with Crippen molar-refractivity contribution in [1.29, 1.82) is 0 Å². The maximum absolute atomic E-state index is 13.3. The maximum atomic E-state index is 13.3. The molecule has 172 valence electrons. The summed E-state index contributed by atoms with van der Waals surface area (Å²) < 4.78 is 39.9. The first-order chi connectivity index (χ1) is 15.2. The second-order valence-electron chi connectivity index (χ2n) is 8.52. The molecule has 1 saturated heterocycles. The van der Waals surface area contributed by atoms with Crippen molar-refractivity contribution in [2.24, 2.45) is 5.92 Å². The second kappa shape index (κ2) is 8.93. The van der Waals surface area contributed by atoms with Crippen molar-refractivity contribution in [3.05, 3.63) is 47.9 Å². The first-order valence-corrected chi connectivity index (χ1v) is 10.6. The number of aromatic nitrogens is 2. The van der Waals surface area contributed by atoms with Crippen LogP contribution in [0.5, 0.6) is 0 Å². The van der Waals surface area contributed by atoms with Gasteiger partial charge in [0.25, 0.3) is 0 Å². The Morgan fingerprint density at radius 2 is 2.06 bits per heavy atom. The molecule has 32 heavy (non-hydrogen) atoms. The largest absolute Gasteiger partial charge is 0.416 e. The summed E-state index contributed by atoms with van der Waals surface area (Å²) in [5.74, 6) is 0.135. The SMILES string of the molecule is CN(C)CCNC(=O)C1Cc2cc(C(F)(F)F)ccc2N2CCN(c3cnccn3)CC12. The number of fused-ring (bicyclic) bond motifs is 3. The van der Waals surface area contributed by atoms with Crippen LogP contribution in [0.25, 0.3) is 0 Å². The van der Waals surface area contributed by atoms with Gasteiger partial charge in [-0.05, 0) is 44.3 Å². The van der Waals surface area contributed by atoms with Gasteiger partial charge in [0.15, 0.2) is 0 Å². The molecule has 4 rings (SSSR count). The number of amides is 1. The van der Waals surface area contributed by atoms with Crippen molar-refractivity contribution in [3.63, 3.8) is 0 Å². The van der Waals surface area contributed by atoms with Crippen molar-refractivity contribution in [1.82, 2.24) is 20.2 Å². The molecule has 0 aliphatic carbocycles. The highest BCUT2D eigenvalue weighted by Gasteiger charge is 2.43. The Morgan fingerprint density at radius 3 is 2.75 bits per heavy atom. The lowest BCUT2D eigenvalue weighted by atomic mass is 9.82. The number of hydrogen-bond acceptors (Lipinski definition) is 6. The van der Waals surface area contributed by atoms with Crippen LogP contribution in [0.1, 0.15) is 11.1 Å². The number of likely N-dealkylation sites (N-methyl/N-ethyl adjacent to an activating group) is 1. The van der Waals surface area contributed by atoms with Crippen LogP contribution in [-0.4, -0.2) is 73.6 Å². The van der Waals surface area contributed by atoms with Crippen LogP contribution in [0.2, 0.25) is 0 Å². The van der Waals surface area contributed by atoms with Crippen LogP contribution in [-0.2, 0) is 17.4 Å². The number of anilines is 2. The van der Waals surface area contributed by atoms with Gasteiger partial charge in [-0.3, -0.25) is 9.78 Å². The topological polar surface area (TPSA) is 64.6 Å². The summed E-state index contributed by atoms with van der Waals surface area (Å²) in [5, 5.41) is 2.97. The number of benzene rings is 1. The third kappa shape index (κ3) is 4.64. The van der Waals surface area contributed by atoms with Crippen LogP contribution < -0.4 is 15.1 Å². The van der Waals surface area contributed by atoms with Crippen LogP contribution in [0.3, 0.4) is 0 Å². The van der Waals surface area contributed by atoms with Crippen LogP contribution in [0, 0.1) is 5.92 Å². The number of halogens is 3. The average Bonchev–Trinajstić information content (AvgIpc) is 2.77. The number of hydrogen-bond donors (Lipinski definition) is 1. The minimum Gasteiger partial charge on any atom is -0.364 e. The maximum Gasteiger partial charge on any atom is 0.416 e. The molecular weight excluding hydrogens is 421 g/mol. The molecule has 0 spiro atoms. The summed E-state index contributed by atoms with van der Waals surface area (Å²) in [6, 6.07) is 3.70. The quantitative estimate of drug-likeness (QED) is 0.756. The summed E-state index contributed by atoms with van der Waals surface area (Å²) >= 11 is 0. The average molecular weight is 448 g/mol. The van der Waals surface area contributed by atoms with Crippen LogP contribution in [0.15, 0.2) is 36.8 Å². The molecule has 3 heterocycles. The summed E-state index contributed by atoms with van der Waals surface area (Å²) in [7, 11) is 3.84. The molecule has 2 atom stereocenters. The van der Waals surface area contributed by atoms with Gasteiger partial charge in [-0.15, -0.1) is 0 Å². The molecule has 0 saturated carbocycles. The van der Waals surface area contributed by atoms with E-state index in [2.05, 4.69) is 25.1 Å². The van der Waals surface area contributed by atoms with E-state index in [1.54, 1.807) is 24.7 Å². The summed E-state index contributed by atoms with van der Waals surface area (Å²) in [5.41, 5.74) is 0.663. The van der Waals surface area contributed by atoms with E-state index in [-0.39, 0.29) is 18.4 Å². The normalized spacial score (nSPS) is 20.7. The van der Waals surface area contributed by atoms with Gasteiger partial charge in [-0.25, -0.2) is 4.98 Å². The molecular formula is C22H27F3N6O. The summed E-state index contributed by atoms with van der Waals surface area (Å²) in [6.07, 6.45) is 0.772. The molecule has 1 fully saturated rings. The van der Waals surface area contributed by atoms with Gasteiger partial charge in [0, 0.05) is 50.8 Å². The van der Waals surface area contributed by atoms with Gasteiger partial charge in [0.1, 0.15) is 5.82 Å². The van der Waals surface area contributed by atoms with Crippen molar-refractivity contribution in [3.8, 4) is 0 Å². The van der Waals surface area contributed by atoms with E-state index in [1.165, 1.54) is 6.07 Å². The number of rotatable bonds is 5. The molecule has 1 N–H and O–H groups in total. The van der Waals surface area contributed by atoms with Gasteiger partial charge in [-0.1, -0.05) is 0 Å². The van der Waals surface area contributed by atoms with Crippen molar-refractivity contribution in [2.45, 2.75) is 18.6 Å². The number of carbonyl (C=O) groups excluding carboxylic acids is 1. The lowest BCUT2D eigenvalue weighted by Gasteiger charge is -2.49. The lowest BCUT2D eigenvalue weighted by Crippen LogP contribution is -2.61. The molecule has 0 radical (unpaired) electrons. The van der Waals surface area contributed by atoms with Crippen LogP contribution >= 0.6 is 0 Å². The zero-order chi connectivity index (χ0) is 22.9. The van der Waals surface area contributed by atoms with E-state index in [1.807, 2.05) is 19.0 Å². The van der Waals surface area contributed by atoms with Crippen molar-refractivity contribution in [2.75, 3.05) is 56.6 Å². The van der Waals surface area contributed by atoms with E-state index in [9.17, 15) is 18.0 Å². The molecule has 0 bridgehead atoms. The van der Waals surface area contributed by atoms with Crippen molar-refractivity contribution < 1.29 is 18.0 Å². The van der Waals surface area contributed by atoms with Gasteiger partial charge < -0.3 is 20.0 Å². The smallest absolute Gasteiger partial charge is 0.364 e. The van der Waals surface area contributed by atoms with Gasteiger partial charge >= 0.3 is 6.18 Å². The molecule has 2 unspecified atom stereocenters. The molecule has 10 heteroatoms. The Balaban J connectivity index is 1.63. The molecule has 2 aliphatic heterocycles. The Kier molecular flexibility index (Phi) is 6.23. The van der Waals surface area contributed by atoms with E-state index < -0.39 is 17.7 Å². The van der Waals surface area contributed by atoms with Gasteiger partial charge in [0.05, 0.1) is 23.7 Å². The Morgan fingerprint density at radius 1 is 1.25 bits per heavy atom. The highest BCUT2D eigenvalue weighted by molar-refractivity contribution is 5.82. The fraction of sp³-hybridized carbons (Fsp3) is 0.500. The monoisotopic (exact) mass is 448 g/mol. The number of alkyl halides is 3. The van der Waals surface area contributed by atoms with E-state index in [0.29, 0.717) is 38.3 Å². The van der Waals surface area contributed by atoms with E-state index in [4.69, 9.17) is 0 Å². The predicted molar refractivity (Wildman–Crippen MR) is 116 cm³/mol. The molecule has 2 aliphatic rings. The summed E-state index contributed by atoms with van der Waals surface area (Å²) in [4.78, 5) is 27.8. The molecule has 1 aromatic heterocycles. The zero-order valence-electron chi connectivity index (χ0n) is 18.1. The predicted octanol–water partition coefficient (Wildman–Crippen LogP) is 2.04. The van der Waals surface area contributed by atoms with E-state index in [0.717, 1.165) is 17.6 Å². The number of carbonyl (C=O) groups is 1. The highest BCUT2D eigenvalue weighted by Crippen LogP contribution is 2.40. The van der Waals surface area contributed by atoms with Crippen molar-refractivity contribution >= 4 is 17.4 Å². The summed E-state index contributed by atoms with van der Waals surface area (Å²) in [6.45, 7) is 2.95. The minimum absolute atomic E-state index is 0.133. The van der Waals surface area contributed by atoms with Crippen LogP contribution in [0.4, 0.5) is 24.7 Å². The molecule has 2 aromatic rings.